The van der Waals surface area contributed by atoms with Crippen molar-refractivity contribution in [3.63, 3.8) is 0 Å². The van der Waals surface area contributed by atoms with Crippen LogP contribution in [0.3, 0.4) is 0 Å². The van der Waals surface area contributed by atoms with Crippen LogP contribution >= 0.6 is 39.8 Å². The standard InChI is InChI=1S/C23H22F2IN6O3PS2/c1-10-18(27-11(2)37-10)13-6-7-14(16(8-13)38(3,34)35)28-15-9-17(30-23(33)12-4-5-12)29-21-19(15)31-22(20(24)25)32(21)36-26/h6-9,12,20,36H,4-5H2,1-3H3,(H2,28,29,30,33). The summed E-state index contributed by atoms with van der Waals surface area (Å²) in [6.07, 6.45) is -0.312. The van der Waals surface area contributed by atoms with Gasteiger partial charge in [-0.3, -0.25) is 9.13 Å². The van der Waals surface area contributed by atoms with Crippen LogP contribution in [0, 0.1) is 19.8 Å². The number of benzene rings is 1. The molecule has 1 fully saturated rings. The van der Waals surface area contributed by atoms with Gasteiger partial charge < -0.3 is 10.6 Å². The molecule has 3 heterocycles. The highest BCUT2D eigenvalue weighted by Crippen LogP contribution is 2.40. The maximum absolute atomic E-state index is 13.8. The Morgan fingerprint density at radius 1 is 1.18 bits per heavy atom. The van der Waals surface area contributed by atoms with E-state index in [-0.39, 0.29) is 51.5 Å². The summed E-state index contributed by atoms with van der Waals surface area (Å²) in [5.74, 6) is -0.587. The van der Waals surface area contributed by atoms with Crippen LogP contribution in [0.1, 0.15) is 35.0 Å². The summed E-state index contributed by atoms with van der Waals surface area (Å²) < 4.78 is 54.6. The Balaban J connectivity index is 1.65. The number of nitrogens with zero attached hydrogens (tertiary/aromatic N) is 4. The zero-order chi connectivity index (χ0) is 27.4. The Kier molecular flexibility index (Phi) is 7.44. The monoisotopic (exact) mass is 690 g/mol. The molecule has 1 aliphatic rings. The molecule has 1 unspecified atom stereocenters. The molecule has 9 nitrogen and oxygen atoms in total. The van der Waals surface area contributed by atoms with E-state index in [0.717, 1.165) is 29.0 Å². The number of hydrogen-bond acceptors (Lipinski definition) is 8. The van der Waals surface area contributed by atoms with Crippen molar-refractivity contribution in [3.8, 4) is 11.3 Å². The number of hydrogen-bond donors (Lipinski definition) is 2. The van der Waals surface area contributed by atoms with E-state index < -0.39 is 22.1 Å². The van der Waals surface area contributed by atoms with Crippen molar-refractivity contribution in [2.24, 2.45) is 5.92 Å². The van der Waals surface area contributed by atoms with Gasteiger partial charge in [-0.15, -0.1) is 11.3 Å². The van der Waals surface area contributed by atoms with Crippen molar-refractivity contribution in [3.05, 3.63) is 40.0 Å². The van der Waals surface area contributed by atoms with E-state index in [1.165, 1.54) is 21.7 Å². The lowest BCUT2D eigenvalue weighted by Crippen LogP contribution is -2.14. The number of rotatable bonds is 8. The van der Waals surface area contributed by atoms with E-state index >= 15 is 0 Å². The number of nitrogens with one attached hydrogen (secondary N) is 2. The van der Waals surface area contributed by atoms with E-state index in [1.54, 1.807) is 18.2 Å². The summed E-state index contributed by atoms with van der Waals surface area (Å²) in [6.45, 7) is 3.80. The molecular formula is C23H22F2IN6O3PS2. The first kappa shape index (κ1) is 27.3. The number of thiazole rings is 1. The van der Waals surface area contributed by atoms with Gasteiger partial charge in [-0.1, -0.05) is 6.07 Å². The fraction of sp³-hybridized carbons (Fsp3) is 0.304. The molecule has 1 atom stereocenters. The average Bonchev–Trinajstić information content (AvgIpc) is 3.54. The summed E-state index contributed by atoms with van der Waals surface area (Å²) in [5.41, 5.74) is 2.13. The fourth-order valence-electron chi connectivity index (χ4n) is 4.05. The fourth-order valence-corrected chi connectivity index (χ4v) is 7.65. The van der Waals surface area contributed by atoms with Gasteiger partial charge in [-0.2, -0.15) is 0 Å². The molecule has 0 spiro atoms. The molecule has 0 radical (unpaired) electrons. The summed E-state index contributed by atoms with van der Waals surface area (Å²) in [4.78, 5) is 26.5. The molecule has 2 N–H and O–H groups in total. The van der Waals surface area contributed by atoms with E-state index in [0.29, 0.717) is 11.3 Å². The third kappa shape index (κ3) is 5.40. The van der Waals surface area contributed by atoms with Crippen LogP contribution in [0.15, 0.2) is 29.2 Å². The van der Waals surface area contributed by atoms with Gasteiger partial charge >= 0.3 is 0 Å². The van der Waals surface area contributed by atoms with E-state index in [4.69, 9.17) is 0 Å². The lowest BCUT2D eigenvalue weighted by atomic mass is 10.1. The summed E-state index contributed by atoms with van der Waals surface area (Å²) in [6, 6.07) is 6.39. The highest BCUT2D eigenvalue weighted by molar-refractivity contribution is 14.2. The Labute approximate surface area is 236 Å². The number of alkyl halides is 2. The second kappa shape index (κ2) is 10.4. The lowest BCUT2D eigenvalue weighted by molar-refractivity contribution is -0.117. The number of aromatic nitrogens is 4. The SMILES string of the molecule is Cc1nc(-c2ccc(Nc3cc(NC(=O)C4CC4)nc4c3nc(C(F)F)n4PI)c(S(C)(=O)=O)c2)c(C)s1. The van der Waals surface area contributed by atoms with Crippen LogP contribution in [0.4, 0.5) is 26.0 Å². The van der Waals surface area contributed by atoms with Gasteiger partial charge in [-0.25, -0.2) is 32.2 Å². The summed E-state index contributed by atoms with van der Waals surface area (Å²) in [7, 11) is -3.71. The molecule has 1 amide bonds. The largest absolute Gasteiger partial charge is 0.352 e. The summed E-state index contributed by atoms with van der Waals surface area (Å²) >= 11 is 3.48. The Hall–Kier alpha value is -2.29. The van der Waals surface area contributed by atoms with E-state index in [1.807, 2.05) is 35.9 Å². The smallest absolute Gasteiger partial charge is 0.295 e. The third-order valence-electron chi connectivity index (χ3n) is 5.95. The second-order valence-corrected chi connectivity index (χ2v) is 14.4. The number of aryl methyl sites for hydroxylation is 2. The van der Waals surface area contributed by atoms with Crippen molar-refractivity contribution in [1.29, 1.82) is 0 Å². The highest BCUT2D eigenvalue weighted by atomic mass is 127. The maximum atomic E-state index is 13.8. The first-order chi connectivity index (χ1) is 18.0. The van der Waals surface area contributed by atoms with Crippen molar-refractivity contribution in [2.75, 3.05) is 16.9 Å². The molecule has 5 rings (SSSR count). The van der Waals surface area contributed by atoms with Crippen molar-refractivity contribution < 1.29 is 22.0 Å². The van der Waals surface area contributed by atoms with Crippen LogP contribution in [-0.4, -0.2) is 39.9 Å². The van der Waals surface area contributed by atoms with Crippen molar-refractivity contribution in [2.45, 2.75) is 38.0 Å². The predicted octanol–water partition coefficient (Wildman–Crippen LogP) is 6.40. The molecule has 4 aromatic rings. The van der Waals surface area contributed by atoms with Crippen molar-refractivity contribution >= 4 is 83.9 Å². The first-order valence-corrected chi connectivity index (χ1v) is 18.2. The number of amides is 1. The van der Waals surface area contributed by atoms with Gasteiger partial charge in [0.1, 0.15) is 11.3 Å². The van der Waals surface area contributed by atoms with Gasteiger partial charge in [0, 0.05) is 28.7 Å². The maximum Gasteiger partial charge on any atom is 0.295 e. The number of imidazole rings is 1. The number of sulfone groups is 1. The zero-order valence-corrected chi connectivity index (χ0v) is 25.1. The molecule has 1 aromatic carbocycles. The van der Waals surface area contributed by atoms with Gasteiger partial charge in [0.15, 0.2) is 21.3 Å². The number of anilines is 3. The Bertz CT molecular complexity index is 1690. The summed E-state index contributed by atoms with van der Waals surface area (Å²) in [5, 5.41) is 6.69. The molecule has 1 saturated carbocycles. The highest BCUT2D eigenvalue weighted by Gasteiger charge is 2.30. The minimum absolute atomic E-state index is 0.0119. The number of carbonyl (C=O) groups is 1. The van der Waals surface area contributed by atoms with Gasteiger partial charge in [0.25, 0.3) is 6.43 Å². The Morgan fingerprint density at radius 2 is 1.92 bits per heavy atom. The quantitative estimate of drug-likeness (QED) is 0.162. The average molecular weight is 690 g/mol. The topological polar surface area (TPSA) is 119 Å². The van der Waals surface area contributed by atoms with E-state index in [9.17, 15) is 22.0 Å². The molecule has 0 aliphatic heterocycles. The number of carbonyl (C=O) groups excluding carboxylic acids is 1. The molecule has 0 saturated heterocycles. The first-order valence-electron chi connectivity index (χ1n) is 11.4. The zero-order valence-electron chi connectivity index (χ0n) is 20.3. The lowest BCUT2D eigenvalue weighted by Gasteiger charge is -2.14. The predicted molar refractivity (Wildman–Crippen MR) is 155 cm³/mol. The van der Waals surface area contributed by atoms with E-state index in [2.05, 4.69) is 25.6 Å². The van der Waals surface area contributed by atoms with Crippen molar-refractivity contribution in [1.82, 2.24) is 19.3 Å². The molecule has 3 aromatic heterocycles. The van der Waals surface area contributed by atoms with Crippen LogP contribution in [-0.2, 0) is 14.6 Å². The molecular weight excluding hydrogens is 668 g/mol. The number of halogens is 3. The van der Waals surface area contributed by atoms with Crippen LogP contribution in [0.25, 0.3) is 22.4 Å². The molecule has 0 bridgehead atoms. The van der Waals surface area contributed by atoms with Crippen LogP contribution in [0.2, 0.25) is 0 Å². The van der Waals surface area contributed by atoms with Gasteiger partial charge in [0.05, 0.1) is 33.3 Å². The van der Waals surface area contributed by atoms with Gasteiger partial charge in [-0.05, 0) is 60.9 Å². The molecule has 38 heavy (non-hydrogen) atoms. The minimum atomic E-state index is -3.71. The van der Waals surface area contributed by atoms with Crippen LogP contribution < -0.4 is 10.6 Å². The molecule has 1 aliphatic carbocycles. The Morgan fingerprint density at radius 3 is 2.50 bits per heavy atom. The van der Waals surface area contributed by atoms with Gasteiger partial charge in [0.2, 0.25) is 5.91 Å². The second-order valence-electron chi connectivity index (χ2n) is 8.93. The third-order valence-corrected chi connectivity index (χ3v) is 10.0. The minimum Gasteiger partial charge on any atom is -0.352 e. The molecule has 200 valence electrons. The van der Waals surface area contributed by atoms with Crippen LogP contribution in [0.5, 0.6) is 0 Å². The normalized spacial score (nSPS) is 14.2. The number of pyridine rings is 1. The number of fused-ring (bicyclic) bond motifs is 1. The molecule has 15 heteroatoms.